The van der Waals surface area contributed by atoms with E-state index in [1.165, 1.54) is 0 Å². The predicted molar refractivity (Wildman–Crippen MR) is 109 cm³/mol. The van der Waals surface area contributed by atoms with Crippen molar-refractivity contribution < 1.29 is 9.59 Å². The van der Waals surface area contributed by atoms with Crippen molar-refractivity contribution in [3.8, 4) is 0 Å². The standard InChI is InChI=1S/C20H38N4O2/c1-17(2)19(25)21-11-9-15-23(5)13-7-8-14-24(6)16-10-12-22-20(26)18(3)4/h1,3,7-16H2,2,4-6H3,(H,21,25)(H,22,26). The van der Waals surface area contributed by atoms with Crippen molar-refractivity contribution in [3.63, 3.8) is 0 Å². The first-order chi connectivity index (χ1) is 12.2. The second-order valence-electron chi connectivity index (χ2n) is 7.09. The molecule has 2 amide bonds. The van der Waals surface area contributed by atoms with Crippen LogP contribution in [0.1, 0.15) is 39.5 Å². The van der Waals surface area contributed by atoms with E-state index in [1.54, 1.807) is 13.8 Å². The minimum atomic E-state index is -0.0603. The fourth-order valence-electron chi connectivity index (χ4n) is 2.39. The van der Waals surface area contributed by atoms with Crippen LogP contribution in [0.5, 0.6) is 0 Å². The van der Waals surface area contributed by atoms with Crippen LogP contribution in [0.25, 0.3) is 0 Å². The highest BCUT2D eigenvalue weighted by Crippen LogP contribution is 1.98. The molecule has 0 saturated heterocycles. The molecule has 0 rings (SSSR count). The highest BCUT2D eigenvalue weighted by Gasteiger charge is 2.04. The summed E-state index contributed by atoms with van der Waals surface area (Å²) in [5, 5.41) is 5.71. The normalized spacial score (nSPS) is 10.8. The molecule has 0 bridgehead atoms. The quantitative estimate of drug-likeness (QED) is 0.343. The van der Waals surface area contributed by atoms with Crippen molar-refractivity contribution >= 4 is 11.8 Å². The molecule has 6 heteroatoms. The van der Waals surface area contributed by atoms with Crippen molar-refractivity contribution in [1.82, 2.24) is 20.4 Å². The molecule has 0 radical (unpaired) electrons. The minimum Gasteiger partial charge on any atom is -0.352 e. The molecule has 26 heavy (non-hydrogen) atoms. The summed E-state index contributed by atoms with van der Waals surface area (Å²) >= 11 is 0. The van der Waals surface area contributed by atoms with Crippen molar-refractivity contribution in [2.45, 2.75) is 39.5 Å². The maximum atomic E-state index is 11.4. The zero-order chi connectivity index (χ0) is 19.9. The molecule has 0 aromatic heterocycles. The van der Waals surface area contributed by atoms with E-state index in [1.807, 2.05) is 0 Å². The lowest BCUT2D eigenvalue weighted by molar-refractivity contribution is -0.118. The van der Waals surface area contributed by atoms with Gasteiger partial charge in [0.05, 0.1) is 0 Å². The van der Waals surface area contributed by atoms with Gasteiger partial charge in [-0.1, -0.05) is 13.2 Å². The van der Waals surface area contributed by atoms with Gasteiger partial charge in [0, 0.05) is 24.2 Å². The van der Waals surface area contributed by atoms with E-state index in [-0.39, 0.29) is 11.8 Å². The van der Waals surface area contributed by atoms with Crippen LogP contribution in [0, 0.1) is 0 Å². The van der Waals surface area contributed by atoms with Crippen LogP contribution in [-0.2, 0) is 9.59 Å². The van der Waals surface area contributed by atoms with Gasteiger partial charge in [-0.3, -0.25) is 9.59 Å². The van der Waals surface area contributed by atoms with E-state index in [9.17, 15) is 9.59 Å². The average molecular weight is 367 g/mol. The van der Waals surface area contributed by atoms with Crippen LogP contribution in [0.15, 0.2) is 24.3 Å². The Morgan fingerprint density at radius 2 is 1.00 bits per heavy atom. The Labute approximate surface area is 159 Å². The van der Waals surface area contributed by atoms with E-state index in [2.05, 4.69) is 47.7 Å². The first-order valence-electron chi connectivity index (χ1n) is 9.48. The lowest BCUT2D eigenvalue weighted by Gasteiger charge is -2.19. The minimum absolute atomic E-state index is 0.0603. The van der Waals surface area contributed by atoms with Gasteiger partial charge in [-0.15, -0.1) is 0 Å². The number of unbranched alkanes of at least 4 members (excludes halogenated alkanes) is 1. The number of rotatable bonds is 15. The van der Waals surface area contributed by atoms with Gasteiger partial charge in [0.1, 0.15) is 0 Å². The smallest absolute Gasteiger partial charge is 0.246 e. The highest BCUT2D eigenvalue weighted by atomic mass is 16.2. The molecule has 0 atom stereocenters. The zero-order valence-electron chi connectivity index (χ0n) is 17.2. The van der Waals surface area contributed by atoms with E-state index >= 15 is 0 Å². The molecule has 0 unspecified atom stereocenters. The molecular formula is C20H38N4O2. The Morgan fingerprint density at radius 1 is 0.692 bits per heavy atom. The van der Waals surface area contributed by atoms with Gasteiger partial charge in [0.15, 0.2) is 0 Å². The van der Waals surface area contributed by atoms with E-state index in [0.29, 0.717) is 24.2 Å². The van der Waals surface area contributed by atoms with Crippen LogP contribution < -0.4 is 10.6 Å². The summed E-state index contributed by atoms with van der Waals surface area (Å²) in [5.41, 5.74) is 1.11. The first kappa shape index (κ1) is 24.3. The summed E-state index contributed by atoms with van der Waals surface area (Å²) in [6.07, 6.45) is 4.22. The molecule has 0 aliphatic carbocycles. The van der Waals surface area contributed by atoms with Crippen LogP contribution in [0.2, 0.25) is 0 Å². The topological polar surface area (TPSA) is 64.7 Å². The number of hydrogen-bond donors (Lipinski definition) is 2. The number of amides is 2. The molecule has 0 aromatic rings. The summed E-state index contributed by atoms with van der Waals surface area (Å²) in [6.45, 7) is 16.2. The molecule has 0 aromatic carbocycles. The number of hydrogen-bond acceptors (Lipinski definition) is 4. The van der Waals surface area contributed by atoms with Crippen molar-refractivity contribution in [1.29, 1.82) is 0 Å². The third-order valence-corrected chi connectivity index (χ3v) is 4.11. The SMILES string of the molecule is C=C(C)C(=O)NCCCN(C)CCCCN(C)CCCNC(=O)C(=C)C. The summed E-state index contributed by atoms with van der Waals surface area (Å²) in [6, 6.07) is 0. The van der Waals surface area contributed by atoms with E-state index in [4.69, 9.17) is 0 Å². The Hall–Kier alpha value is -1.66. The molecular weight excluding hydrogens is 328 g/mol. The third kappa shape index (κ3) is 13.6. The van der Waals surface area contributed by atoms with Crippen LogP contribution in [0.4, 0.5) is 0 Å². The molecule has 0 aliphatic heterocycles. The van der Waals surface area contributed by atoms with Gasteiger partial charge >= 0.3 is 0 Å². The zero-order valence-corrected chi connectivity index (χ0v) is 17.2. The first-order valence-corrected chi connectivity index (χ1v) is 9.48. The van der Waals surface area contributed by atoms with Crippen molar-refractivity contribution in [2.24, 2.45) is 0 Å². The Balaban J connectivity index is 3.54. The molecule has 2 N–H and O–H groups in total. The van der Waals surface area contributed by atoms with Crippen molar-refractivity contribution in [3.05, 3.63) is 24.3 Å². The fourth-order valence-corrected chi connectivity index (χ4v) is 2.39. The van der Waals surface area contributed by atoms with Crippen LogP contribution >= 0.6 is 0 Å². The van der Waals surface area contributed by atoms with E-state index in [0.717, 1.165) is 51.9 Å². The lowest BCUT2D eigenvalue weighted by atomic mass is 10.2. The number of nitrogens with one attached hydrogen (secondary N) is 2. The summed E-state index contributed by atoms with van der Waals surface area (Å²) in [7, 11) is 4.24. The van der Waals surface area contributed by atoms with Gasteiger partial charge in [0.25, 0.3) is 0 Å². The second kappa shape index (κ2) is 14.5. The Morgan fingerprint density at radius 3 is 1.31 bits per heavy atom. The van der Waals surface area contributed by atoms with Crippen molar-refractivity contribution in [2.75, 3.05) is 53.4 Å². The average Bonchev–Trinajstić information content (AvgIpc) is 2.58. The van der Waals surface area contributed by atoms with Gasteiger partial charge in [-0.25, -0.2) is 0 Å². The molecule has 150 valence electrons. The molecule has 0 saturated carbocycles. The van der Waals surface area contributed by atoms with Gasteiger partial charge in [0.2, 0.25) is 11.8 Å². The molecule has 0 spiro atoms. The summed E-state index contributed by atoms with van der Waals surface area (Å²) in [4.78, 5) is 27.3. The second-order valence-corrected chi connectivity index (χ2v) is 7.09. The van der Waals surface area contributed by atoms with Gasteiger partial charge < -0.3 is 20.4 Å². The highest BCUT2D eigenvalue weighted by molar-refractivity contribution is 5.92. The van der Waals surface area contributed by atoms with Gasteiger partial charge in [-0.05, 0) is 79.8 Å². The van der Waals surface area contributed by atoms with Crippen LogP contribution in [-0.4, -0.2) is 75.0 Å². The number of carbonyl (C=O) groups excluding carboxylic acids is 2. The number of carbonyl (C=O) groups is 2. The molecule has 0 fully saturated rings. The Bertz CT molecular complexity index is 421. The van der Waals surface area contributed by atoms with Crippen LogP contribution in [0.3, 0.4) is 0 Å². The summed E-state index contributed by atoms with van der Waals surface area (Å²) in [5.74, 6) is -0.121. The van der Waals surface area contributed by atoms with Gasteiger partial charge in [-0.2, -0.15) is 0 Å². The predicted octanol–water partition coefficient (Wildman–Crippen LogP) is 1.80. The summed E-state index contributed by atoms with van der Waals surface area (Å²) < 4.78 is 0. The largest absolute Gasteiger partial charge is 0.352 e. The fraction of sp³-hybridized carbons (Fsp3) is 0.700. The van der Waals surface area contributed by atoms with E-state index < -0.39 is 0 Å². The molecule has 0 aliphatic rings. The molecule has 6 nitrogen and oxygen atoms in total. The maximum absolute atomic E-state index is 11.4. The monoisotopic (exact) mass is 366 g/mol. The lowest BCUT2D eigenvalue weighted by Crippen LogP contribution is -2.30. The Kier molecular flexibility index (Phi) is 13.6. The third-order valence-electron chi connectivity index (χ3n) is 4.11. The maximum Gasteiger partial charge on any atom is 0.246 e. The molecule has 0 heterocycles. The number of nitrogens with zero attached hydrogens (tertiary/aromatic N) is 2.